The monoisotopic (exact) mass is 404 g/mol. The van der Waals surface area contributed by atoms with Crippen molar-refractivity contribution in [1.82, 2.24) is 14.8 Å². The fourth-order valence-electron chi connectivity index (χ4n) is 3.66. The number of carboxylic acid groups (broad SMARTS) is 1. The standard InChI is InChI=1S/C21H19N5O4/c1-12-17(19(27)25-15-9-5-6-10-16(15)30-2)18(26-21(24-12)22-11-23-26)13-7-3-4-8-14(13)20(28)29/h3-11,17-18H,1-2H3,(H,25,27)(H,28,29)/p-1. The summed E-state index contributed by atoms with van der Waals surface area (Å²) in [6.07, 6.45) is 1.32. The Labute approximate surface area is 172 Å². The summed E-state index contributed by atoms with van der Waals surface area (Å²) in [7, 11) is 1.51. The van der Waals surface area contributed by atoms with Gasteiger partial charge in [0.05, 0.1) is 24.8 Å². The molecule has 9 heteroatoms. The topological polar surface area (TPSA) is 122 Å². The minimum Gasteiger partial charge on any atom is -0.545 e. The number of ether oxygens (including phenoxy) is 1. The molecule has 0 spiro atoms. The summed E-state index contributed by atoms with van der Waals surface area (Å²) in [5.41, 5.74) is 1.35. The van der Waals surface area contributed by atoms with Crippen molar-refractivity contribution >= 4 is 29.2 Å². The zero-order valence-electron chi connectivity index (χ0n) is 16.3. The van der Waals surface area contributed by atoms with Crippen LogP contribution in [0, 0.1) is 5.92 Å². The van der Waals surface area contributed by atoms with Gasteiger partial charge < -0.3 is 20.0 Å². The molecule has 0 radical (unpaired) electrons. The summed E-state index contributed by atoms with van der Waals surface area (Å²) in [4.78, 5) is 33.6. The Balaban J connectivity index is 1.81. The number of carboxylic acids is 1. The second-order valence-electron chi connectivity index (χ2n) is 6.74. The van der Waals surface area contributed by atoms with Crippen LogP contribution in [0.3, 0.4) is 0 Å². The molecule has 3 aromatic rings. The number of nitrogens with one attached hydrogen (secondary N) is 1. The van der Waals surface area contributed by atoms with E-state index in [4.69, 9.17) is 4.74 Å². The lowest BCUT2D eigenvalue weighted by atomic mass is 9.85. The van der Waals surface area contributed by atoms with Crippen molar-refractivity contribution < 1.29 is 19.4 Å². The molecule has 0 saturated carbocycles. The molecule has 0 aliphatic carbocycles. The number of para-hydroxylation sites is 2. The SMILES string of the molecule is COc1ccccc1NC(=O)C1C(C)=Nc2ncnn2C1c1ccccc1C(=O)[O-]. The van der Waals surface area contributed by atoms with Crippen molar-refractivity contribution in [1.29, 1.82) is 0 Å². The first kappa shape index (κ1) is 19.3. The maximum Gasteiger partial charge on any atom is 0.248 e. The van der Waals surface area contributed by atoms with Crippen LogP contribution in [-0.2, 0) is 4.79 Å². The number of benzene rings is 2. The van der Waals surface area contributed by atoms with Crippen molar-refractivity contribution in [3.8, 4) is 5.75 Å². The van der Waals surface area contributed by atoms with Crippen LogP contribution < -0.4 is 15.2 Å². The molecule has 0 bridgehead atoms. The number of aromatic carboxylic acids is 1. The molecule has 30 heavy (non-hydrogen) atoms. The predicted octanol–water partition coefficient (Wildman–Crippen LogP) is 1.60. The van der Waals surface area contributed by atoms with Crippen LogP contribution in [0.25, 0.3) is 0 Å². The molecule has 1 aliphatic rings. The quantitative estimate of drug-likeness (QED) is 0.689. The lowest BCUT2D eigenvalue weighted by Crippen LogP contribution is -2.40. The van der Waals surface area contributed by atoms with Crippen molar-refractivity contribution in [3.05, 3.63) is 66.0 Å². The van der Waals surface area contributed by atoms with Crippen LogP contribution in [0.5, 0.6) is 5.75 Å². The van der Waals surface area contributed by atoms with Crippen LogP contribution in [0.1, 0.15) is 28.9 Å². The van der Waals surface area contributed by atoms with E-state index in [-0.39, 0.29) is 11.5 Å². The summed E-state index contributed by atoms with van der Waals surface area (Å²) in [6.45, 7) is 1.71. The van der Waals surface area contributed by atoms with Gasteiger partial charge in [-0.2, -0.15) is 10.1 Å². The van der Waals surface area contributed by atoms with E-state index in [1.54, 1.807) is 49.4 Å². The molecule has 2 aromatic carbocycles. The Morgan fingerprint density at radius 2 is 1.87 bits per heavy atom. The lowest BCUT2D eigenvalue weighted by Gasteiger charge is -2.31. The number of carbonyl (C=O) groups is 2. The van der Waals surface area contributed by atoms with Gasteiger partial charge in [-0.1, -0.05) is 36.4 Å². The number of hydrogen-bond acceptors (Lipinski definition) is 7. The van der Waals surface area contributed by atoms with Gasteiger partial charge in [0, 0.05) is 11.3 Å². The number of anilines is 1. The summed E-state index contributed by atoms with van der Waals surface area (Å²) in [6, 6.07) is 12.6. The van der Waals surface area contributed by atoms with Gasteiger partial charge in [-0.3, -0.25) is 4.79 Å². The highest BCUT2D eigenvalue weighted by atomic mass is 16.5. The molecule has 1 aromatic heterocycles. The van der Waals surface area contributed by atoms with E-state index in [1.165, 1.54) is 24.2 Å². The number of hydrogen-bond donors (Lipinski definition) is 1. The van der Waals surface area contributed by atoms with E-state index in [2.05, 4.69) is 20.4 Å². The predicted molar refractivity (Wildman–Crippen MR) is 107 cm³/mol. The van der Waals surface area contributed by atoms with E-state index < -0.39 is 17.9 Å². The van der Waals surface area contributed by atoms with E-state index >= 15 is 0 Å². The van der Waals surface area contributed by atoms with Crippen molar-refractivity contribution in [2.75, 3.05) is 12.4 Å². The lowest BCUT2D eigenvalue weighted by molar-refractivity contribution is -0.255. The molecular weight excluding hydrogens is 386 g/mol. The van der Waals surface area contributed by atoms with Gasteiger partial charge in [-0.05, 0) is 24.6 Å². The Hall–Kier alpha value is -4.01. The number of methoxy groups -OCH3 is 1. The third kappa shape index (κ3) is 3.30. The minimum absolute atomic E-state index is 0.0197. The van der Waals surface area contributed by atoms with Gasteiger partial charge in [-0.25, -0.2) is 9.67 Å². The molecule has 0 saturated heterocycles. The Kier molecular flexibility index (Phi) is 5.01. The average molecular weight is 404 g/mol. The first-order chi connectivity index (χ1) is 14.5. The van der Waals surface area contributed by atoms with E-state index in [0.717, 1.165) is 0 Å². The molecule has 0 fully saturated rings. The van der Waals surface area contributed by atoms with Crippen LogP contribution in [-0.4, -0.2) is 39.5 Å². The van der Waals surface area contributed by atoms with Gasteiger partial charge in [0.1, 0.15) is 18.0 Å². The molecule has 1 aliphatic heterocycles. The molecule has 1 N–H and O–H groups in total. The molecule has 152 valence electrons. The molecule has 9 nitrogen and oxygen atoms in total. The molecule has 2 heterocycles. The molecule has 2 unspecified atom stereocenters. The summed E-state index contributed by atoms with van der Waals surface area (Å²) in [5.74, 6) is -1.74. The van der Waals surface area contributed by atoms with Crippen LogP contribution in [0.4, 0.5) is 11.6 Å². The maximum absolute atomic E-state index is 13.4. The zero-order valence-corrected chi connectivity index (χ0v) is 16.3. The van der Waals surface area contributed by atoms with Crippen molar-refractivity contribution in [2.24, 2.45) is 10.9 Å². The third-order valence-electron chi connectivity index (χ3n) is 5.01. The zero-order chi connectivity index (χ0) is 21.3. The number of rotatable bonds is 5. The molecule has 4 rings (SSSR count). The Morgan fingerprint density at radius 3 is 2.63 bits per heavy atom. The highest BCUT2D eigenvalue weighted by Gasteiger charge is 2.39. The first-order valence-electron chi connectivity index (χ1n) is 9.20. The number of nitrogens with zero attached hydrogens (tertiary/aromatic N) is 4. The highest BCUT2D eigenvalue weighted by molar-refractivity contribution is 6.10. The van der Waals surface area contributed by atoms with E-state index in [0.29, 0.717) is 28.7 Å². The van der Waals surface area contributed by atoms with Crippen molar-refractivity contribution in [2.45, 2.75) is 13.0 Å². The highest BCUT2D eigenvalue weighted by Crippen LogP contribution is 2.37. The van der Waals surface area contributed by atoms with Gasteiger partial charge >= 0.3 is 0 Å². The number of fused-ring (bicyclic) bond motifs is 1. The van der Waals surface area contributed by atoms with Gasteiger partial charge in [0.15, 0.2) is 0 Å². The van der Waals surface area contributed by atoms with Gasteiger partial charge in [0.2, 0.25) is 11.9 Å². The van der Waals surface area contributed by atoms with Crippen LogP contribution >= 0.6 is 0 Å². The minimum atomic E-state index is -1.34. The second-order valence-corrected chi connectivity index (χ2v) is 6.74. The molecule has 2 atom stereocenters. The fraction of sp³-hybridized carbons (Fsp3) is 0.190. The smallest absolute Gasteiger partial charge is 0.248 e. The Morgan fingerprint density at radius 1 is 1.13 bits per heavy atom. The number of aromatic nitrogens is 3. The van der Waals surface area contributed by atoms with Gasteiger partial charge in [-0.15, -0.1) is 0 Å². The third-order valence-corrected chi connectivity index (χ3v) is 5.01. The maximum atomic E-state index is 13.4. The molecule has 1 amide bonds. The number of carbonyl (C=O) groups excluding carboxylic acids is 2. The summed E-state index contributed by atoms with van der Waals surface area (Å²) < 4.78 is 6.77. The number of amides is 1. The van der Waals surface area contributed by atoms with Crippen LogP contribution in [0.15, 0.2) is 59.9 Å². The number of aliphatic imine (C=N–C) groups is 1. The second kappa shape index (κ2) is 7.78. The first-order valence-corrected chi connectivity index (χ1v) is 9.20. The van der Waals surface area contributed by atoms with Crippen molar-refractivity contribution in [3.63, 3.8) is 0 Å². The average Bonchev–Trinajstić information content (AvgIpc) is 3.21. The summed E-state index contributed by atoms with van der Waals surface area (Å²) in [5, 5.41) is 18.8. The van der Waals surface area contributed by atoms with Gasteiger partial charge in [0.25, 0.3) is 0 Å². The van der Waals surface area contributed by atoms with Crippen LogP contribution in [0.2, 0.25) is 0 Å². The largest absolute Gasteiger partial charge is 0.545 e. The summed E-state index contributed by atoms with van der Waals surface area (Å²) >= 11 is 0. The fourth-order valence-corrected chi connectivity index (χ4v) is 3.66. The van der Waals surface area contributed by atoms with E-state index in [9.17, 15) is 14.7 Å². The molecular formula is C21H18N5O4-. The van der Waals surface area contributed by atoms with E-state index in [1.807, 2.05) is 0 Å². The Bertz CT molecular complexity index is 1150. The normalized spacial score (nSPS) is 17.6.